The van der Waals surface area contributed by atoms with Crippen molar-refractivity contribution in [3.05, 3.63) is 156 Å². The fourth-order valence-electron chi connectivity index (χ4n) is 7.30. The van der Waals surface area contributed by atoms with Crippen molar-refractivity contribution in [2.75, 3.05) is 36.5 Å². The lowest BCUT2D eigenvalue weighted by molar-refractivity contribution is -0.147. The van der Waals surface area contributed by atoms with Crippen LogP contribution in [0.5, 0.6) is 0 Å². The van der Waals surface area contributed by atoms with Gasteiger partial charge >= 0.3 is 0 Å². The molecule has 11 nitrogen and oxygen atoms in total. The quantitative estimate of drug-likeness (QED) is 0.167. The summed E-state index contributed by atoms with van der Waals surface area (Å²) in [6.45, 7) is 3.34. The SMILES string of the molecule is O=C(Nc1ccc(C2SC(=Nc3ccc(N4CCOCC4)cc3)N(Cc3ccccn3)C2=O)cc1)[C@H]1CCC(=O)N1C(=O)C(c1ccccc1)c1ccccc1. The van der Waals surface area contributed by atoms with E-state index in [4.69, 9.17) is 9.73 Å². The minimum Gasteiger partial charge on any atom is -0.378 e. The Morgan fingerprint density at radius 2 is 1.48 bits per heavy atom. The Labute approximate surface area is 329 Å². The number of hydrogen-bond donors (Lipinski definition) is 1. The molecule has 1 N–H and O–H groups in total. The molecule has 0 bridgehead atoms. The van der Waals surface area contributed by atoms with Crippen LogP contribution >= 0.6 is 11.8 Å². The summed E-state index contributed by atoms with van der Waals surface area (Å²) < 4.78 is 5.49. The molecule has 12 heteroatoms. The average Bonchev–Trinajstić information content (AvgIpc) is 3.78. The number of amides is 4. The molecule has 4 amide bonds. The largest absolute Gasteiger partial charge is 0.378 e. The molecule has 3 saturated heterocycles. The fourth-order valence-corrected chi connectivity index (χ4v) is 8.48. The first-order valence-electron chi connectivity index (χ1n) is 18.7. The van der Waals surface area contributed by atoms with Crippen molar-refractivity contribution in [3.63, 3.8) is 0 Å². The summed E-state index contributed by atoms with van der Waals surface area (Å²) in [5.41, 5.74) is 5.30. The highest BCUT2D eigenvalue weighted by Gasteiger charge is 2.44. The van der Waals surface area contributed by atoms with Crippen molar-refractivity contribution in [1.29, 1.82) is 0 Å². The number of ether oxygens (including phenoxy) is 1. The summed E-state index contributed by atoms with van der Waals surface area (Å²) in [7, 11) is 0. The van der Waals surface area contributed by atoms with Gasteiger partial charge in [-0.2, -0.15) is 0 Å². The Hall–Kier alpha value is -6.11. The predicted molar refractivity (Wildman–Crippen MR) is 216 cm³/mol. The van der Waals surface area contributed by atoms with Crippen LogP contribution in [-0.2, 0) is 30.5 Å². The molecule has 1 aromatic heterocycles. The Kier molecular flexibility index (Phi) is 11.0. The predicted octanol–water partition coefficient (Wildman–Crippen LogP) is 6.71. The second kappa shape index (κ2) is 16.7. The lowest BCUT2D eigenvalue weighted by atomic mass is 9.89. The molecular weight excluding hydrogens is 725 g/mol. The molecule has 56 heavy (non-hydrogen) atoms. The van der Waals surface area contributed by atoms with Crippen LogP contribution in [0.3, 0.4) is 0 Å². The number of carbonyl (C=O) groups is 4. The van der Waals surface area contributed by atoms with Crippen molar-refractivity contribution in [2.45, 2.75) is 36.6 Å². The molecule has 4 heterocycles. The van der Waals surface area contributed by atoms with E-state index in [9.17, 15) is 19.2 Å². The number of hydrogen-bond acceptors (Lipinski definition) is 9. The van der Waals surface area contributed by atoms with Crippen molar-refractivity contribution >= 4 is 57.6 Å². The zero-order valence-corrected chi connectivity index (χ0v) is 31.4. The first-order valence-corrected chi connectivity index (χ1v) is 19.6. The third-order valence-electron chi connectivity index (χ3n) is 10.2. The molecule has 4 aromatic carbocycles. The van der Waals surface area contributed by atoms with Gasteiger partial charge in [0.25, 0.3) is 0 Å². The van der Waals surface area contributed by atoms with Gasteiger partial charge in [-0.15, -0.1) is 0 Å². The van der Waals surface area contributed by atoms with Crippen LogP contribution in [0, 0.1) is 0 Å². The number of nitrogens with one attached hydrogen (secondary N) is 1. The summed E-state index contributed by atoms with van der Waals surface area (Å²) >= 11 is 1.37. The Balaban J connectivity index is 0.988. The van der Waals surface area contributed by atoms with Crippen LogP contribution < -0.4 is 10.2 Å². The van der Waals surface area contributed by atoms with E-state index in [-0.39, 0.29) is 31.2 Å². The zero-order valence-electron chi connectivity index (χ0n) is 30.6. The van der Waals surface area contributed by atoms with Crippen LogP contribution in [0.4, 0.5) is 17.1 Å². The normalized spacial score (nSPS) is 19.2. The lowest BCUT2D eigenvalue weighted by Crippen LogP contribution is -2.47. The maximum atomic E-state index is 14.2. The minimum absolute atomic E-state index is 0.0942. The molecule has 3 fully saturated rings. The monoisotopic (exact) mass is 764 g/mol. The molecule has 282 valence electrons. The van der Waals surface area contributed by atoms with Gasteiger partial charge in [-0.05, 0) is 71.6 Å². The zero-order chi connectivity index (χ0) is 38.4. The molecule has 3 aliphatic rings. The number of aliphatic imine (C=N–C) groups is 1. The second-order valence-corrected chi connectivity index (χ2v) is 14.8. The summed E-state index contributed by atoms with van der Waals surface area (Å²) in [6, 6.07) is 38.4. The second-order valence-electron chi connectivity index (χ2n) is 13.8. The first-order chi connectivity index (χ1) is 27.4. The number of amidine groups is 1. The molecule has 0 aliphatic carbocycles. The first kappa shape index (κ1) is 36.8. The maximum absolute atomic E-state index is 14.2. The van der Waals surface area contributed by atoms with Gasteiger partial charge in [0.15, 0.2) is 5.17 Å². The molecule has 0 spiro atoms. The number of thioether (sulfide) groups is 1. The van der Waals surface area contributed by atoms with Gasteiger partial charge < -0.3 is 15.0 Å². The average molecular weight is 765 g/mol. The van der Waals surface area contributed by atoms with Gasteiger partial charge in [0.1, 0.15) is 11.3 Å². The molecular formula is C44H40N6O5S. The number of nitrogens with zero attached hydrogens (tertiary/aromatic N) is 5. The number of rotatable bonds is 10. The number of likely N-dealkylation sites (tertiary alicyclic amines) is 1. The maximum Gasteiger partial charge on any atom is 0.247 e. The molecule has 0 radical (unpaired) electrons. The van der Waals surface area contributed by atoms with Crippen molar-refractivity contribution in [3.8, 4) is 0 Å². The fraction of sp³-hybridized carbons (Fsp3) is 0.227. The van der Waals surface area contributed by atoms with Crippen LogP contribution in [-0.4, -0.2) is 75.9 Å². The summed E-state index contributed by atoms with van der Waals surface area (Å²) in [5.74, 6) is -2.11. The van der Waals surface area contributed by atoms with Crippen LogP contribution in [0.15, 0.2) is 139 Å². The van der Waals surface area contributed by atoms with Crippen molar-refractivity contribution in [1.82, 2.24) is 14.8 Å². The summed E-state index contributed by atoms with van der Waals surface area (Å²) in [5, 5.41) is 2.92. The number of aromatic nitrogens is 1. The smallest absolute Gasteiger partial charge is 0.247 e. The number of morpholine rings is 1. The van der Waals surface area contributed by atoms with E-state index in [1.807, 2.05) is 115 Å². The molecule has 5 aromatic rings. The van der Waals surface area contributed by atoms with Crippen molar-refractivity contribution in [2.24, 2.45) is 4.99 Å². The van der Waals surface area contributed by atoms with Crippen LogP contribution in [0.25, 0.3) is 0 Å². The van der Waals surface area contributed by atoms with Crippen LogP contribution in [0.2, 0.25) is 0 Å². The van der Waals surface area contributed by atoms with Gasteiger partial charge in [-0.1, -0.05) is 90.6 Å². The third-order valence-corrected chi connectivity index (χ3v) is 11.4. The van der Waals surface area contributed by atoms with Gasteiger partial charge in [-0.25, -0.2) is 4.99 Å². The van der Waals surface area contributed by atoms with Crippen LogP contribution in [0.1, 0.15) is 46.4 Å². The van der Waals surface area contributed by atoms with E-state index >= 15 is 0 Å². The van der Waals surface area contributed by atoms with E-state index < -0.39 is 29.0 Å². The van der Waals surface area contributed by atoms with Crippen molar-refractivity contribution < 1.29 is 23.9 Å². The van der Waals surface area contributed by atoms with Gasteiger partial charge in [0, 0.05) is 37.1 Å². The summed E-state index contributed by atoms with van der Waals surface area (Å²) in [4.78, 5) is 69.6. The molecule has 3 aliphatic heterocycles. The number of carbonyl (C=O) groups excluding carboxylic acids is 4. The Morgan fingerprint density at radius 3 is 2.12 bits per heavy atom. The molecule has 1 unspecified atom stereocenters. The molecule has 0 saturated carbocycles. The third kappa shape index (κ3) is 7.98. The van der Waals surface area contributed by atoms with Gasteiger partial charge in [0.05, 0.1) is 37.1 Å². The van der Waals surface area contributed by atoms with E-state index in [0.29, 0.717) is 24.1 Å². The highest BCUT2D eigenvalue weighted by molar-refractivity contribution is 8.15. The van der Waals surface area contributed by atoms with E-state index in [2.05, 4.69) is 15.2 Å². The topological polar surface area (TPSA) is 125 Å². The molecule has 2 atom stereocenters. The minimum atomic E-state index is -0.960. The van der Waals surface area contributed by atoms with E-state index in [1.54, 1.807) is 23.2 Å². The number of benzene rings is 4. The Morgan fingerprint density at radius 1 is 0.821 bits per heavy atom. The standard InChI is InChI=1S/C44H40N6O5S/c51-38-23-22-37(50(38)42(53)39(30-9-3-1-4-10-30)31-11-5-2-6-12-31)41(52)46-33-16-14-32(15-17-33)40-43(54)49(29-35-13-7-8-24-45-35)44(56-40)47-34-18-20-36(21-19-34)48-25-27-55-28-26-48/h1-21,24,37,39-40H,22-23,25-29H2,(H,46,52)/t37-,40?/m1/s1. The highest BCUT2D eigenvalue weighted by Crippen LogP contribution is 2.42. The summed E-state index contributed by atoms with van der Waals surface area (Å²) in [6.07, 6.45) is 2.02. The highest BCUT2D eigenvalue weighted by atomic mass is 32.2. The van der Waals surface area contributed by atoms with Gasteiger partial charge in [-0.3, -0.25) is 34.0 Å². The number of imide groups is 1. The van der Waals surface area contributed by atoms with E-state index in [0.717, 1.165) is 51.7 Å². The van der Waals surface area contributed by atoms with Gasteiger partial charge in [0.2, 0.25) is 23.6 Å². The van der Waals surface area contributed by atoms with E-state index in [1.165, 1.54) is 11.8 Å². The number of pyridine rings is 1. The molecule has 8 rings (SSSR count). The lowest BCUT2D eigenvalue weighted by Gasteiger charge is -2.28. The Bertz CT molecular complexity index is 2180. The number of anilines is 2.